The first-order valence-electron chi connectivity index (χ1n) is 4.99. The lowest BCUT2D eigenvalue weighted by molar-refractivity contribution is -0.160. The zero-order valence-electron chi connectivity index (χ0n) is 9.08. The number of esters is 3. The minimum Gasteiger partial charge on any atom is -0.465 e. The summed E-state index contributed by atoms with van der Waals surface area (Å²) in [6.07, 6.45) is 1.11. The third-order valence-electron chi connectivity index (χ3n) is 1.54. The molecular formula is C10H16O5. The van der Waals surface area contributed by atoms with E-state index in [9.17, 15) is 14.4 Å². The molecule has 0 fully saturated rings. The fourth-order valence-electron chi connectivity index (χ4n) is 0.775. The maximum absolute atomic E-state index is 10.9. The van der Waals surface area contributed by atoms with Crippen LogP contribution >= 0.6 is 0 Å². The van der Waals surface area contributed by atoms with Crippen LogP contribution in [0.25, 0.3) is 0 Å². The van der Waals surface area contributed by atoms with Gasteiger partial charge in [-0.05, 0) is 6.42 Å². The van der Waals surface area contributed by atoms with E-state index in [1.165, 1.54) is 0 Å². The Bertz CT molecular complexity index is 234. The monoisotopic (exact) mass is 216 g/mol. The standard InChI is InChI=1S/C10H16O5/c1-3-5-9(12)14-7-6-10(13)15-8(11)4-2/h3-7H2,1-2H3. The molecule has 0 aromatic rings. The van der Waals surface area contributed by atoms with Gasteiger partial charge in [0.25, 0.3) is 0 Å². The van der Waals surface area contributed by atoms with Crippen LogP contribution in [-0.4, -0.2) is 24.5 Å². The molecule has 5 nitrogen and oxygen atoms in total. The van der Waals surface area contributed by atoms with E-state index < -0.39 is 11.9 Å². The molecule has 0 aliphatic heterocycles. The Balaban J connectivity index is 3.55. The first-order valence-corrected chi connectivity index (χ1v) is 4.99. The molecule has 5 heteroatoms. The lowest BCUT2D eigenvalue weighted by Crippen LogP contribution is -2.14. The maximum atomic E-state index is 10.9. The predicted molar refractivity (Wildman–Crippen MR) is 51.9 cm³/mol. The molecular weight excluding hydrogens is 200 g/mol. The molecule has 0 N–H and O–H groups in total. The molecule has 0 unspecified atom stereocenters. The van der Waals surface area contributed by atoms with Gasteiger partial charge in [0.1, 0.15) is 6.61 Å². The second-order valence-electron chi connectivity index (χ2n) is 2.92. The highest BCUT2D eigenvalue weighted by Crippen LogP contribution is 1.95. The van der Waals surface area contributed by atoms with E-state index >= 15 is 0 Å². The summed E-state index contributed by atoms with van der Waals surface area (Å²) in [5.74, 6) is -1.57. The van der Waals surface area contributed by atoms with E-state index in [1.807, 2.05) is 6.92 Å². The van der Waals surface area contributed by atoms with Crippen molar-refractivity contribution < 1.29 is 23.9 Å². The molecule has 0 spiro atoms. The van der Waals surface area contributed by atoms with Gasteiger partial charge >= 0.3 is 17.9 Å². The largest absolute Gasteiger partial charge is 0.465 e. The van der Waals surface area contributed by atoms with Gasteiger partial charge in [0, 0.05) is 12.8 Å². The average Bonchev–Trinajstić information content (AvgIpc) is 2.18. The molecule has 0 saturated heterocycles. The summed E-state index contributed by atoms with van der Waals surface area (Å²) in [5.41, 5.74) is 0. The van der Waals surface area contributed by atoms with Crippen LogP contribution in [0.2, 0.25) is 0 Å². The van der Waals surface area contributed by atoms with Crippen molar-refractivity contribution in [1.29, 1.82) is 0 Å². The number of ether oxygens (including phenoxy) is 2. The molecule has 0 atom stereocenters. The molecule has 0 radical (unpaired) electrons. The van der Waals surface area contributed by atoms with E-state index in [2.05, 4.69) is 4.74 Å². The number of hydrogen-bond donors (Lipinski definition) is 0. The summed E-state index contributed by atoms with van der Waals surface area (Å²) >= 11 is 0. The van der Waals surface area contributed by atoms with Gasteiger partial charge in [-0.3, -0.25) is 14.4 Å². The molecule has 15 heavy (non-hydrogen) atoms. The molecule has 86 valence electrons. The van der Waals surface area contributed by atoms with E-state index in [1.54, 1.807) is 6.92 Å². The third kappa shape index (κ3) is 7.66. The normalized spacial score (nSPS) is 9.47. The molecule has 0 aliphatic rings. The van der Waals surface area contributed by atoms with Crippen LogP contribution in [0.15, 0.2) is 0 Å². The lowest BCUT2D eigenvalue weighted by atomic mass is 10.3. The highest BCUT2D eigenvalue weighted by atomic mass is 16.6. The highest BCUT2D eigenvalue weighted by molar-refractivity contribution is 5.85. The summed E-state index contributed by atoms with van der Waals surface area (Å²) in [7, 11) is 0. The molecule has 0 aromatic heterocycles. The number of carbonyl (C=O) groups excluding carboxylic acids is 3. The van der Waals surface area contributed by atoms with E-state index in [0.29, 0.717) is 12.8 Å². The minimum atomic E-state index is -0.661. The third-order valence-corrected chi connectivity index (χ3v) is 1.54. The van der Waals surface area contributed by atoms with E-state index in [-0.39, 0.29) is 25.4 Å². The molecule has 0 bridgehead atoms. The SMILES string of the molecule is CCCC(=O)OCCC(=O)OC(=O)CC. The van der Waals surface area contributed by atoms with Gasteiger partial charge in [-0.25, -0.2) is 0 Å². The summed E-state index contributed by atoms with van der Waals surface area (Å²) in [6.45, 7) is 3.42. The second kappa shape index (κ2) is 7.96. The Morgan fingerprint density at radius 1 is 0.933 bits per heavy atom. The minimum absolute atomic E-state index is 0.0331. The van der Waals surface area contributed by atoms with Crippen LogP contribution < -0.4 is 0 Å². The van der Waals surface area contributed by atoms with Crippen LogP contribution in [0.5, 0.6) is 0 Å². The van der Waals surface area contributed by atoms with Crippen molar-refractivity contribution in [2.75, 3.05) is 6.61 Å². The van der Waals surface area contributed by atoms with Crippen molar-refractivity contribution in [1.82, 2.24) is 0 Å². The zero-order chi connectivity index (χ0) is 11.7. The fourth-order valence-corrected chi connectivity index (χ4v) is 0.775. The molecule has 0 rings (SSSR count). The van der Waals surface area contributed by atoms with Crippen molar-refractivity contribution in [3.8, 4) is 0 Å². The fraction of sp³-hybridized carbons (Fsp3) is 0.700. The second-order valence-corrected chi connectivity index (χ2v) is 2.92. The van der Waals surface area contributed by atoms with Crippen molar-refractivity contribution in [2.24, 2.45) is 0 Å². The Kier molecular flexibility index (Phi) is 7.23. The predicted octanol–water partition coefficient (Wildman–Crippen LogP) is 1.20. The maximum Gasteiger partial charge on any atom is 0.316 e. The number of hydrogen-bond acceptors (Lipinski definition) is 5. The van der Waals surface area contributed by atoms with Crippen molar-refractivity contribution in [2.45, 2.75) is 39.5 Å². The average molecular weight is 216 g/mol. The lowest BCUT2D eigenvalue weighted by Gasteiger charge is -2.03. The zero-order valence-corrected chi connectivity index (χ0v) is 9.08. The molecule has 0 amide bonds. The van der Waals surface area contributed by atoms with E-state index in [0.717, 1.165) is 0 Å². The smallest absolute Gasteiger partial charge is 0.316 e. The molecule has 0 aromatic carbocycles. The Morgan fingerprint density at radius 2 is 1.60 bits per heavy atom. The number of rotatable bonds is 6. The van der Waals surface area contributed by atoms with Crippen molar-refractivity contribution in [3.05, 3.63) is 0 Å². The highest BCUT2D eigenvalue weighted by Gasteiger charge is 2.09. The van der Waals surface area contributed by atoms with Crippen LogP contribution in [0.1, 0.15) is 39.5 Å². The van der Waals surface area contributed by atoms with Crippen LogP contribution in [0.3, 0.4) is 0 Å². The Hall–Kier alpha value is -1.39. The topological polar surface area (TPSA) is 69.7 Å². The first kappa shape index (κ1) is 13.6. The Labute approximate surface area is 88.7 Å². The van der Waals surface area contributed by atoms with Crippen LogP contribution in [-0.2, 0) is 23.9 Å². The Morgan fingerprint density at radius 3 is 2.13 bits per heavy atom. The van der Waals surface area contributed by atoms with Gasteiger partial charge in [-0.15, -0.1) is 0 Å². The van der Waals surface area contributed by atoms with Gasteiger partial charge in [-0.2, -0.15) is 0 Å². The van der Waals surface area contributed by atoms with Crippen LogP contribution in [0.4, 0.5) is 0 Å². The quantitative estimate of drug-likeness (QED) is 0.493. The first-order chi connectivity index (χ1) is 7.10. The van der Waals surface area contributed by atoms with E-state index in [4.69, 9.17) is 4.74 Å². The van der Waals surface area contributed by atoms with Gasteiger partial charge < -0.3 is 9.47 Å². The van der Waals surface area contributed by atoms with Crippen LogP contribution in [0, 0.1) is 0 Å². The van der Waals surface area contributed by atoms with Crippen molar-refractivity contribution in [3.63, 3.8) is 0 Å². The summed E-state index contributed by atoms with van der Waals surface area (Å²) < 4.78 is 9.09. The van der Waals surface area contributed by atoms with Gasteiger partial charge in [-0.1, -0.05) is 13.8 Å². The molecule has 0 aliphatic carbocycles. The number of carbonyl (C=O) groups is 3. The van der Waals surface area contributed by atoms with Gasteiger partial charge in [0.05, 0.1) is 6.42 Å². The summed E-state index contributed by atoms with van der Waals surface area (Å²) in [6, 6.07) is 0. The summed E-state index contributed by atoms with van der Waals surface area (Å²) in [5, 5.41) is 0. The van der Waals surface area contributed by atoms with Gasteiger partial charge in [0.15, 0.2) is 0 Å². The summed E-state index contributed by atoms with van der Waals surface area (Å²) in [4.78, 5) is 32.4. The molecule has 0 heterocycles. The van der Waals surface area contributed by atoms with Gasteiger partial charge in [0.2, 0.25) is 0 Å². The van der Waals surface area contributed by atoms with Crippen molar-refractivity contribution >= 4 is 17.9 Å². The molecule has 0 saturated carbocycles.